The van der Waals surface area contributed by atoms with Gasteiger partial charge in [-0.15, -0.1) is 11.3 Å². The van der Waals surface area contributed by atoms with Crippen molar-refractivity contribution in [3.8, 4) is 11.3 Å². The SMILES string of the molecule is Cc1c(-c2nc(C3CCCCC3)sc2N)cnn1C. The van der Waals surface area contributed by atoms with E-state index < -0.39 is 0 Å². The van der Waals surface area contributed by atoms with Crippen molar-refractivity contribution < 1.29 is 0 Å². The first kappa shape index (κ1) is 12.7. The average Bonchev–Trinajstić information content (AvgIpc) is 2.96. The second-order valence-corrected chi connectivity index (χ2v) is 6.43. The van der Waals surface area contributed by atoms with Crippen LogP contribution in [0.5, 0.6) is 0 Å². The number of nitrogens with zero attached hydrogens (tertiary/aromatic N) is 3. The maximum absolute atomic E-state index is 6.18. The minimum Gasteiger partial charge on any atom is -0.389 e. The van der Waals surface area contributed by atoms with Gasteiger partial charge in [0.1, 0.15) is 10.7 Å². The third-order valence-corrected chi connectivity index (χ3v) is 5.16. The predicted octanol–water partition coefficient (Wildman–Crippen LogP) is 3.48. The van der Waals surface area contributed by atoms with Gasteiger partial charge in [0, 0.05) is 24.2 Å². The summed E-state index contributed by atoms with van der Waals surface area (Å²) in [4.78, 5) is 4.82. The Hall–Kier alpha value is -1.36. The Morgan fingerprint density at radius 3 is 2.68 bits per heavy atom. The highest BCUT2D eigenvalue weighted by Gasteiger charge is 2.22. The van der Waals surface area contributed by atoms with Crippen LogP contribution in [0.3, 0.4) is 0 Å². The molecule has 0 aromatic carbocycles. The van der Waals surface area contributed by atoms with Crippen molar-refractivity contribution in [1.29, 1.82) is 0 Å². The van der Waals surface area contributed by atoms with Crippen LogP contribution in [0.2, 0.25) is 0 Å². The van der Waals surface area contributed by atoms with Crippen LogP contribution in [0.1, 0.15) is 48.7 Å². The molecule has 0 unspecified atom stereocenters. The van der Waals surface area contributed by atoms with Gasteiger partial charge in [-0.1, -0.05) is 19.3 Å². The molecule has 1 aliphatic carbocycles. The van der Waals surface area contributed by atoms with E-state index in [4.69, 9.17) is 10.7 Å². The van der Waals surface area contributed by atoms with E-state index >= 15 is 0 Å². The van der Waals surface area contributed by atoms with Crippen LogP contribution < -0.4 is 5.73 Å². The third kappa shape index (κ3) is 2.27. The number of hydrogen-bond acceptors (Lipinski definition) is 4. The first-order valence-electron chi connectivity index (χ1n) is 6.92. The fraction of sp³-hybridized carbons (Fsp3) is 0.571. The summed E-state index contributed by atoms with van der Waals surface area (Å²) in [5.74, 6) is 0.617. The summed E-state index contributed by atoms with van der Waals surface area (Å²) in [5.41, 5.74) is 9.29. The van der Waals surface area contributed by atoms with Crippen molar-refractivity contribution in [1.82, 2.24) is 14.8 Å². The number of anilines is 1. The largest absolute Gasteiger partial charge is 0.389 e. The molecule has 2 N–H and O–H groups in total. The van der Waals surface area contributed by atoms with Crippen LogP contribution >= 0.6 is 11.3 Å². The lowest BCUT2D eigenvalue weighted by atomic mass is 9.90. The van der Waals surface area contributed by atoms with Gasteiger partial charge < -0.3 is 5.73 Å². The van der Waals surface area contributed by atoms with Gasteiger partial charge in [-0.05, 0) is 19.8 Å². The number of aromatic nitrogens is 3. The standard InChI is InChI=1S/C14H20N4S/c1-9-11(8-16-18(9)2)12-13(15)19-14(17-12)10-6-4-3-5-7-10/h8,10H,3-7,15H2,1-2H3. The van der Waals surface area contributed by atoms with Crippen molar-refractivity contribution in [3.05, 3.63) is 16.9 Å². The van der Waals surface area contributed by atoms with Crippen LogP contribution in [0.15, 0.2) is 6.20 Å². The van der Waals surface area contributed by atoms with E-state index in [0.29, 0.717) is 5.92 Å². The number of thiazole rings is 1. The summed E-state index contributed by atoms with van der Waals surface area (Å²) in [6.45, 7) is 2.06. The molecule has 0 bridgehead atoms. The Balaban J connectivity index is 1.95. The number of nitrogens with two attached hydrogens (primary N) is 1. The van der Waals surface area contributed by atoms with Crippen LogP contribution in [0.25, 0.3) is 11.3 Å². The molecule has 4 nitrogen and oxygen atoms in total. The van der Waals surface area contributed by atoms with E-state index in [1.807, 2.05) is 17.9 Å². The van der Waals surface area contributed by atoms with Crippen LogP contribution in [0.4, 0.5) is 5.00 Å². The molecule has 2 heterocycles. The lowest BCUT2D eigenvalue weighted by Gasteiger charge is -2.18. The van der Waals surface area contributed by atoms with Crippen molar-refractivity contribution >= 4 is 16.3 Å². The maximum atomic E-state index is 6.18. The second-order valence-electron chi connectivity index (χ2n) is 5.37. The van der Waals surface area contributed by atoms with Crippen molar-refractivity contribution in [2.75, 3.05) is 5.73 Å². The summed E-state index contributed by atoms with van der Waals surface area (Å²) in [5, 5.41) is 6.33. The molecule has 5 heteroatoms. The van der Waals surface area contributed by atoms with E-state index in [1.165, 1.54) is 37.1 Å². The van der Waals surface area contributed by atoms with Gasteiger partial charge in [-0.2, -0.15) is 5.10 Å². The molecule has 19 heavy (non-hydrogen) atoms. The highest BCUT2D eigenvalue weighted by atomic mass is 32.1. The Morgan fingerprint density at radius 1 is 1.32 bits per heavy atom. The van der Waals surface area contributed by atoms with Gasteiger partial charge in [-0.3, -0.25) is 4.68 Å². The fourth-order valence-electron chi connectivity index (χ4n) is 2.80. The normalized spacial score (nSPS) is 16.9. The Bertz CT molecular complexity index is 578. The maximum Gasteiger partial charge on any atom is 0.114 e. The Labute approximate surface area is 117 Å². The van der Waals surface area contributed by atoms with E-state index in [1.54, 1.807) is 11.3 Å². The van der Waals surface area contributed by atoms with Gasteiger partial charge in [0.05, 0.1) is 11.2 Å². The van der Waals surface area contributed by atoms with E-state index in [2.05, 4.69) is 12.0 Å². The molecule has 0 saturated heterocycles. The minimum atomic E-state index is 0.617. The predicted molar refractivity (Wildman–Crippen MR) is 79.3 cm³/mol. The van der Waals surface area contributed by atoms with Gasteiger partial charge >= 0.3 is 0 Å². The van der Waals surface area contributed by atoms with Crippen molar-refractivity contribution in [2.45, 2.75) is 44.9 Å². The number of hydrogen-bond donors (Lipinski definition) is 1. The fourth-order valence-corrected chi connectivity index (χ4v) is 3.81. The zero-order valence-corrected chi connectivity index (χ0v) is 12.3. The summed E-state index contributed by atoms with van der Waals surface area (Å²) >= 11 is 1.66. The van der Waals surface area contributed by atoms with Gasteiger partial charge in [0.15, 0.2) is 0 Å². The zero-order chi connectivity index (χ0) is 13.4. The topological polar surface area (TPSA) is 56.7 Å². The lowest BCUT2D eigenvalue weighted by molar-refractivity contribution is 0.442. The first-order chi connectivity index (χ1) is 9.16. The molecule has 1 saturated carbocycles. The summed E-state index contributed by atoms with van der Waals surface area (Å²) in [6.07, 6.45) is 8.41. The minimum absolute atomic E-state index is 0.617. The molecule has 0 aliphatic heterocycles. The Kier molecular flexibility index (Phi) is 3.31. The molecule has 3 rings (SSSR count). The summed E-state index contributed by atoms with van der Waals surface area (Å²) in [7, 11) is 1.95. The molecule has 2 aromatic heterocycles. The molecule has 0 atom stereocenters. The third-order valence-electron chi connectivity index (χ3n) is 4.11. The molecular formula is C14H20N4S. The molecular weight excluding hydrogens is 256 g/mol. The van der Waals surface area contributed by atoms with E-state index in [-0.39, 0.29) is 0 Å². The van der Waals surface area contributed by atoms with E-state index in [9.17, 15) is 0 Å². The molecule has 1 fully saturated rings. The van der Waals surface area contributed by atoms with Crippen molar-refractivity contribution in [2.24, 2.45) is 7.05 Å². The average molecular weight is 276 g/mol. The van der Waals surface area contributed by atoms with Crippen LogP contribution in [0, 0.1) is 6.92 Å². The van der Waals surface area contributed by atoms with E-state index in [0.717, 1.165) is 22.0 Å². The number of nitrogen functional groups attached to an aromatic ring is 1. The van der Waals surface area contributed by atoms with Crippen LogP contribution in [-0.4, -0.2) is 14.8 Å². The highest BCUT2D eigenvalue weighted by molar-refractivity contribution is 7.16. The molecule has 0 spiro atoms. The highest BCUT2D eigenvalue weighted by Crippen LogP contribution is 2.40. The first-order valence-corrected chi connectivity index (χ1v) is 7.73. The lowest BCUT2D eigenvalue weighted by Crippen LogP contribution is -2.03. The zero-order valence-electron chi connectivity index (χ0n) is 11.5. The monoisotopic (exact) mass is 276 g/mol. The number of aryl methyl sites for hydroxylation is 1. The molecule has 0 amide bonds. The van der Waals surface area contributed by atoms with Crippen LogP contribution in [-0.2, 0) is 7.05 Å². The van der Waals surface area contributed by atoms with Crippen molar-refractivity contribution in [3.63, 3.8) is 0 Å². The Morgan fingerprint density at radius 2 is 2.05 bits per heavy atom. The van der Waals surface area contributed by atoms with Gasteiger partial charge in [-0.25, -0.2) is 4.98 Å². The molecule has 102 valence electrons. The molecule has 2 aromatic rings. The van der Waals surface area contributed by atoms with Gasteiger partial charge in [0.2, 0.25) is 0 Å². The second kappa shape index (κ2) is 4.96. The quantitative estimate of drug-likeness (QED) is 0.913. The summed E-state index contributed by atoms with van der Waals surface area (Å²) in [6, 6.07) is 0. The van der Waals surface area contributed by atoms with Gasteiger partial charge in [0.25, 0.3) is 0 Å². The molecule has 1 aliphatic rings. The number of rotatable bonds is 2. The summed E-state index contributed by atoms with van der Waals surface area (Å²) < 4.78 is 1.87. The smallest absolute Gasteiger partial charge is 0.114 e. The molecule has 0 radical (unpaired) electrons.